The molecule has 3 rings (SSSR count). The summed E-state index contributed by atoms with van der Waals surface area (Å²) in [4.78, 5) is 12.3. The van der Waals surface area contributed by atoms with E-state index in [9.17, 15) is 10.0 Å². The van der Waals surface area contributed by atoms with Crippen molar-refractivity contribution < 1.29 is 14.3 Å². The van der Waals surface area contributed by atoms with Gasteiger partial charge >= 0.3 is 0 Å². The fourth-order valence-electron chi connectivity index (χ4n) is 2.77. The number of hydrogen-bond acceptors (Lipinski definition) is 3. The molecule has 1 N–H and O–H groups in total. The van der Waals surface area contributed by atoms with Gasteiger partial charge in [0.1, 0.15) is 0 Å². The van der Waals surface area contributed by atoms with Gasteiger partial charge in [-0.1, -0.05) is 60.7 Å². The average molecular weight is 362 g/mol. The lowest BCUT2D eigenvalue weighted by Gasteiger charge is -2.18. The van der Waals surface area contributed by atoms with E-state index in [1.807, 2.05) is 60.7 Å². The molecule has 1 heterocycles. The molecule has 138 valence electrons. The Morgan fingerprint density at radius 1 is 0.963 bits per heavy atom. The Labute approximate surface area is 158 Å². The van der Waals surface area contributed by atoms with Crippen molar-refractivity contribution >= 4 is 5.91 Å². The maximum atomic E-state index is 12.3. The highest BCUT2D eigenvalue weighted by molar-refractivity contribution is 5.93. The van der Waals surface area contributed by atoms with Crippen molar-refractivity contribution in [1.29, 1.82) is 0 Å². The maximum Gasteiger partial charge on any atom is 0.251 e. The largest absolute Gasteiger partial charge is 0.619 e. The fraction of sp³-hybridized carbons (Fsp3) is 0.182. The summed E-state index contributed by atoms with van der Waals surface area (Å²) in [6, 6.07) is 23.0. The fourth-order valence-corrected chi connectivity index (χ4v) is 2.77. The number of aromatic nitrogens is 1. The van der Waals surface area contributed by atoms with Gasteiger partial charge in [0.15, 0.2) is 12.4 Å². The number of carbonyl (C=O) groups excluding carboxylic acids is 1. The smallest absolute Gasteiger partial charge is 0.251 e. The van der Waals surface area contributed by atoms with Gasteiger partial charge in [-0.2, -0.15) is 4.73 Å². The zero-order valence-corrected chi connectivity index (χ0v) is 15.0. The third-order valence-corrected chi connectivity index (χ3v) is 4.27. The summed E-state index contributed by atoms with van der Waals surface area (Å²) in [6.45, 7) is 1.47. The molecule has 3 aromatic rings. The van der Waals surface area contributed by atoms with Crippen LogP contribution in [0.3, 0.4) is 0 Å². The van der Waals surface area contributed by atoms with Crippen LogP contribution in [0.4, 0.5) is 0 Å². The molecular weight excluding hydrogens is 340 g/mol. The lowest BCUT2D eigenvalue weighted by atomic mass is 10.00. The van der Waals surface area contributed by atoms with Gasteiger partial charge < -0.3 is 15.3 Å². The van der Waals surface area contributed by atoms with E-state index in [1.165, 1.54) is 24.5 Å². The normalized spacial score (nSPS) is 11.7. The summed E-state index contributed by atoms with van der Waals surface area (Å²) in [5.74, 6) is -0.174. The summed E-state index contributed by atoms with van der Waals surface area (Å²) in [5, 5.41) is 14.0. The highest BCUT2D eigenvalue weighted by Gasteiger charge is 2.14. The number of benzene rings is 2. The Hall–Kier alpha value is -3.18. The molecule has 0 aliphatic rings. The molecule has 1 unspecified atom stereocenters. The van der Waals surface area contributed by atoms with Crippen LogP contribution in [-0.2, 0) is 11.3 Å². The van der Waals surface area contributed by atoms with Gasteiger partial charge in [-0.3, -0.25) is 4.79 Å². The van der Waals surface area contributed by atoms with Crippen molar-refractivity contribution in [3.8, 4) is 0 Å². The standard InChI is InChI=1S/C22H22N2O3/c25-22(20-11-13-24(26)14-12-20)23-15-21(19-9-5-2-6-10-19)17-27-16-18-7-3-1-4-8-18/h1-14,21H,15-17H2,(H,23,25). The van der Waals surface area contributed by atoms with Crippen molar-refractivity contribution in [3.63, 3.8) is 0 Å². The molecule has 0 aliphatic heterocycles. The molecule has 5 heteroatoms. The van der Waals surface area contributed by atoms with Crippen LogP contribution in [-0.4, -0.2) is 19.1 Å². The summed E-state index contributed by atoms with van der Waals surface area (Å²) >= 11 is 0. The van der Waals surface area contributed by atoms with E-state index in [0.717, 1.165) is 11.1 Å². The number of ether oxygens (including phenoxy) is 1. The van der Waals surface area contributed by atoms with Crippen LogP contribution in [0.2, 0.25) is 0 Å². The van der Waals surface area contributed by atoms with Gasteiger partial charge in [-0.25, -0.2) is 0 Å². The van der Waals surface area contributed by atoms with E-state index in [-0.39, 0.29) is 11.8 Å². The molecule has 0 fully saturated rings. The van der Waals surface area contributed by atoms with Gasteiger partial charge in [0.2, 0.25) is 0 Å². The number of nitrogens with one attached hydrogen (secondary N) is 1. The van der Waals surface area contributed by atoms with Crippen LogP contribution < -0.4 is 10.0 Å². The second-order valence-electron chi connectivity index (χ2n) is 6.27. The molecule has 0 bridgehead atoms. The van der Waals surface area contributed by atoms with Crippen molar-refractivity contribution in [2.45, 2.75) is 12.5 Å². The maximum absolute atomic E-state index is 12.3. The quantitative estimate of drug-likeness (QED) is 0.495. The van der Waals surface area contributed by atoms with E-state index >= 15 is 0 Å². The monoisotopic (exact) mass is 362 g/mol. The Morgan fingerprint density at radius 2 is 1.59 bits per heavy atom. The van der Waals surface area contributed by atoms with E-state index in [1.54, 1.807) is 0 Å². The SMILES string of the molecule is O=C(NCC(COCc1ccccc1)c1ccccc1)c1cc[n+]([O-])cc1. The minimum absolute atomic E-state index is 0.0343. The molecule has 5 nitrogen and oxygen atoms in total. The van der Waals surface area contributed by atoms with Crippen molar-refractivity contribution in [1.82, 2.24) is 5.32 Å². The number of carbonyl (C=O) groups is 1. The van der Waals surface area contributed by atoms with Gasteiger partial charge in [-0.15, -0.1) is 0 Å². The van der Waals surface area contributed by atoms with Gasteiger partial charge in [0.25, 0.3) is 5.91 Å². The molecule has 1 atom stereocenters. The van der Waals surface area contributed by atoms with Crippen LogP contribution in [0.25, 0.3) is 0 Å². The molecule has 0 aliphatic carbocycles. The second-order valence-corrected chi connectivity index (χ2v) is 6.27. The van der Waals surface area contributed by atoms with Crippen molar-refractivity contribution in [3.05, 3.63) is 107 Å². The third-order valence-electron chi connectivity index (χ3n) is 4.27. The second kappa shape index (κ2) is 9.50. The number of amides is 1. The predicted octanol–water partition coefficient (Wildman–Crippen LogP) is 3.05. The van der Waals surface area contributed by atoms with Crippen molar-refractivity contribution in [2.24, 2.45) is 0 Å². The first-order valence-electron chi connectivity index (χ1n) is 8.86. The molecule has 27 heavy (non-hydrogen) atoms. The predicted molar refractivity (Wildman–Crippen MR) is 103 cm³/mol. The highest BCUT2D eigenvalue weighted by Crippen LogP contribution is 2.16. The van der Waals surface area contributed by atoms with Crippen LogP contribution in [0, 0.1) is 5.21 Å². The lowest BCUT2D eigenvalue weighted by molar-refractivity contribution is -0.605. The molecule has 1 amide bonds. The first-order valence-corrected chi connectivity index (χ1v) is 8.86. The topological polar surface area (TPSA) is 65.3 Å². The average Bonchev–Trinajstić information content (AvgIpc) is 2.72. The number of hydrogen-bond donors (Lipinski definition) is 1. The summed E-state index contributed by atoms with van der Waals surface area (Å²) in [5.41, 5.74) is 2.68. The molecule has 0 radical (unpaired) electrons. The first kappa shape index (κ1) is 18.6. The molecule has 1 aromatic heterocycles. The number of pyridine rings is 1. The van der Waals surface area contributed by atoms with Gasteiger partial charge in [0.05, 0.1) is 18.8 Å². The zero-order chi connectivity index (χ0) is 18.9. The molecule has 0 saturated carbocycles. The van der Waals surface area contributed by atoms with Crippen LogP contribution in [0.1, 0.15) is 27.4 Å². The summed E-state index contributed by atoms with van der Waals surface area (Å²) in [6.07, 6.45) is 2.62. The molecular formula is C22H22N2O3. The number of nitrogens with zero attached hydrogens (tertiary/aromatic N) is 1. The van der Waals surface area contributed by atoms with E-state index in [2.05, 4.69) is 5.32 Å². The van der Waals surface area contributed by atoms with E-state index in [0.29, 0.717) is 30.1 Å². The Balaban J connectivity index is 1.60. The number of rotatable bonds is 8. The minimum atomic E-state index is -0.209. The zero-order valence-electron chi connectivity index (χ0n) is 15.0. The van der Waals surface area contributed by atoms with E-state index in [4.69, 9.17) is 4.74 Å². The molecule has 2 aromatic carbocycles. The Bertz CT molecular complexity index is 836. The lowest BCUT2D eigenvalue weighted by Crippen LogP contribution is -2.31. The van der Waals surface area contributed by atoms with Gasteiger partial charge in [-0.05, 0) is 11.1 Å². The molecule has 0 spiro atoms. The van der Waals surface area contributed by atoms with Crippen LogP contribution in [0.5, 0.6) is 0 Å². The summed E-state index contributed by atoms with van der Waals surface area (Å²) in [7, 11) is 0. The van der Waals surface area contributed by atoms with Crippen molar-refractivity contribution in [2.75, 3.05) is 13.2 Å². The van der Waals surface area contributed by atoms with E-state index < -0.39 is 0 Å². The minimum Gasteiger partial charge on any atom is -0.619 e. The summed E-state index contributed by atoms with van der Waals surface area (Å²) < 4.78 is 6.55. The van der Waals surface area contributed by atoms with Crippen LogP contribution in [0.15, 0.2) is 85.2 Å². The Kier molecular flexibility index (Phi) is 6.55. The first-order chi connectivity index (χ1) is 13.2. The van der Waals surface area contributed by atoms with Crippen LogP contribution >= 0.6 is 0 Å². The Morgan fingerprint density at radius 3 is 2.26 bits per heavy atom. The third kappa shape index (κ3) is 5.66. The highest BCUT2D eigenvalue weighted by atomic mass is 16.5. The van der Waals surface area contributed by atoms with Gasteiger partial charge in [0, 0.05) is 24.6 Å². The molecule has 0 saturated heterocycles.